The Labute approximate surface area is 101 Å². The first kappa shape index (κ1) is 11.5. The summed E-state index contributed by atoms with van der Waals surface area (Å²) >= 11 is 0. The molecule has 0 unspecified atom stereocenters. The zero-order chi connectivity index (χ0) is 12.4. The maximum atomic E-state index is 11.9. The number of anilines is 1. The third-order valence-corrected chi connectivity index (χ3v) is 2.80. The number of benzene rings is 2. The van der Waals surface area contributed by atoms with Crippen LogP contribution in [0.4, 0.5) is 10.5 Å². The van der Waals surface area contributed by atoms with E-state index in [2.05, 4.69) is 0 Å². The molecule has 17 heavy (non-hydrogen) atoms. The van der Waals surface area contributed by atoms with Crippen molar-refractivity contribution < 1.29 is 4.79 Å². The highest BCUT2D eigenvalue weighted by atomic mass is 16.2. The molecule has 0 fully saturated rings. The van der Waals surface area contributed by atoms with Crippen LogP contribution in [-0.4, -0.2) is 32.1 Å². The van der Waals surface area contributed by atoms with Gasteiger partial charge in [-0.1, -0.05) is 36.4 Å². The van der Waals surface area contributed by atoms with Crippen LogP contribution in [0.1, 0.15) is 0 Å². The van der Waals surface area contributed by atoms with Gasteiger partial charge in [0.1, 0.15) is 0 Å². The van der Waals surface area contributed by atoms with Crippen LogP contribution in [0.15, 0.2) is 42.5 Å². The van der Waals surface area contributed by atoms with Crippen LogP contribution in [-0.2, 0) is 0 Å². The van der Waals surface area contributed by atoms with Crippen LogP contribution in [0.2, 0.25) is 0 Å². The van der Waals surface area contributed by atoms with Crippen molar-refractivity contribution in [2.24, 2.45) is 0 Å². The van der Waals surface area contributed by atoms with E-state index in [0.717, 1.165) is 16.5 Å². The zero-order valence-corrected chi connectivity index (χ0v) is 10.3. The molecule has 0 aliphatic carbocycles. The summed E-state index contributed by atoms with van der Waals surface area (Å²) in [6, 6.07) is 14.0. The lowest BCUT2D eigenvalue weighted by Crippen LogP contribution is -2.36. The molecule has 0 radical (unpaired) electrons. The third kappa shape index (κ3) is 2.09. The lowest BCUT2D eigenvalue weighted by molar-refractivity contribution is 0.225. The first-order valence-corrected chi connectivity index (χ1v) is 5.54. The number of nitrogens with zero attached hydrogens (tertiary/aromatic N) is 2. The SMILES string of the molecule is CN(C)C(=O)N(C)c1cccc2ccccc12. The summed E-state index contributed by atoms with van der Waals surface area (Å²) in [5.41, 5.74) is 0.932. The summed E-state index contributed by atoms with van der Waals surface area (Å²) in [5, 5.41) is 2.23. The van der Waals surface area contributed by atoms with Gasteiger partial charge in [-0.05, 0) is 11.5 Å². The summed E-state index contributed by atoms with van der Waals surface area (Å²) in [7, 11) is 5.30. The molecular formula is C14H16N2O. The molecule has 0 heterocycles. The second-order valence-corrected chi connectivity index (χ2v) is 4.23. The maximum absolute atomic E-state index is 11.9. The zero-order valence-electron chi connectivity index (χ0n) is 10.3. The summed E-state index contributed by atoms with van der Waals surface area (Å²) < 4.78 is 0. The smallest absolute Gasteiger partial charge is 0.323 e. The average Bonchev–Trinajstić information content (AvgIpc) is 2.36. The van der Waals surface area contributed by atoms with E-state index < -0.39 is 0 Å². The number of urea groups is 1. The van der Waals surface area contributed by atoms with Crippen LogP contribution in [0.3, 0.4) is 0 Å². The van der Waals surface area contributed by atoms with E-state index in [4.69, 9.17) is 0 Å². The van der Waals surface area contributed by atoms with Crippen molar-refractivity contribution in [1.29, 1.82) is 0 Å². The molecule has 0 atom stereocenters. The fourth-order valence-electron chi connectivity index (χ4n) is 1.90. The van der Waals surface area contributed by atoms with Crippen LogP contribution >= 0.6 is 0 Å². The number of rotatable bonds is 1. The number of hydrogen-bond donors (Lipinski definition) is 0. The van der Waals surface area contributed by atoms with Crippen molar-refractivity contribution >= 4 is 22.5 Å². The molecule has 3 heteroatoms. The molecule has 3 nitrogen and oxygen atoms in total. The van der Waals surface area contributed by atoms with E-state index in [9.17, 15) is 4.79 Å². The Kier molecular flexibility index (Phi) is 3.00. The van der Waals surface area contributed by atoms with Crippen LogP contribution in [0, 0.1) is 0 Å². The Morgan fingerprint density at radius 1 is 0.941 bits per heavy atom. The lowest BCUT2D eigenvalue weighted by Gasteiger charge is -2.23. The van der Waals surface area contributed by atoms with Crippen molar-refractivity contribution in [2.75, 3.05) is 26.0 Å². The fourth-order valence-corrected chi connectivity index (χ4v) is 1.90. The fraction of sp³-hybridized carbons (Fsp3) is 0.214. The van der Waals surface area contributed by atoms with Crippen LogP contribution < -0.4 is 4.90 Å². The minimum atomic E-state index is -0.0265. The molecule has 0 aliphatic heterocycles. The van der Waals surface area contributed by atoms with Crippen molar-refractivity contribution in [3.05, 3.63) is 42.5 Å². The second kappa shape index (κ2) is 4.45. The van der Waals surface area contributed by atoms with Gasteiger partial charge in [0.15, 0.2) is 0 Å². The molecule has 2 rings (SSSR count). The predicted octanol–water partition coefficient (Wildman–Crippen LogP) is 2.96. The van der Waals surface area contributed by atoms with Crippen molar-refractivity contribution in [1.82, 2.24) is 4.90 Å². The van der Waals surface area contributed by atoms with Gasteiger partial charge in [0.25, 0.3) is 0 Å². The van der Waals surface area contributed by atoms with Crippen molar-refractivity contribution in [3.8, 4) is 0 Å². The normalized spacial score (nSPS) is 10.3. The monoisotopic (exact) mass is 228 g/mol. The van der Waals surface area contributed by atoms with E-state index in [1.807, 2.05) is 42.5 Å². The van der Waals surface area contributed by atoms with E-state index in [0.29, 0.717) is 0 Å². The molecule has 0 aromatic heterocycles. The summed E-state index contributed by atoms with van der Waals surface area (Å²) in [5.74, 6) is 0. The van der Waals surface area contributed by atoms with Crippen molar-refractivity contribution in [3.63, 3.8) is 0 Å². The Balaban J connectivity index is 2.52. The molecular weight excluding hydrogens is 212 g/mol. The summed E-state index contributed by atoms with van der Waals surface area (Å²) in [6.07, 6.45) is 0. The molecule has 88 valence electrons. The van der Waals surface area contributed by atoms with E-state index in [-0.39, 0.29) is 6.03 Å². The third-order valence-electron chi connectivity index (χ3n) is 2.80. The van der Waals surface area contributed by atoms with Gasteiger partial charge in [-0.25, -0.2) is 4.79 Å². The highest BCUT2D eigenvalue weighted by Gasteiger charge is 2.14. The molecule has 0 aliphatic rings. The highest BCUT2D eigenvalue weighted by Crippen LogP contribution is 2.26. The highest BCUT2D eigenvalue weighted by molar-refractivity contribution is 6.02. The van der Waals surface area contributed by atoms with Gasteiger partial charge >= 0.3 is 6.03 Å². The molecule has 2 amide bonds. The molecule has 0 saturated heterocycles. The van der Waals surface area contributed by atoms with Crippen LogP contribution in [0.25, 0.3) is 10.8 Å². The summed E-state index contributed by atoms with van der Waals surface area (Å²) in [4.78, 5) is 15.2. The number of amides is 2. The maximum Gasteiger partial charge on any atom is 0.323 e. The van der Waals surface area contributed by atoms with E-state index in [1.165, 1.54) is 0 Å². The van der Waals surface area contributed by atoms with Gasteiger partial charge in [0, 0.05) is 26.5 Å². The number of carbonyl (C=O) groups excluding carboxylic acids is 1. The van der Waals surface area contributed by atoms with Gasteiger partial charge in [-0.15, -0.1) is 0 Å². The first-order valence-electron chi connectivity index (χ1n) is 5.54. The average molecular weight is 228 g/mol. The van der Waals surface area contributed by atoms with Gasteiger partial charge in [-0.3, -0.25) is 4.90 Å². The second-order valence-electron chi connectivity index (χ2n) is 4.23. The number of carbonyl (C=O) groups is 1. The number of fused-ring (bicyclic) bond motifs is 1. The lowest BCUT2D eigenvalue weighted by atomic mass is 10.1. The Bertz CT molecular complexity index is 543. The molecule has 0 spiro atoms. The molecule has 0 bridgehead atoms. The number of hydrogen-bond acceptors (Lipinski definition) is 1. The topological polar surface area (TPSA) is 23.6 Å². The molecule has 0 N–H and O–H groups in total. The van der Waals surface area contributed by atoms with Gasteiger partial charge in [0.05, 0.1) is 5.69 Å². The quantitative estimate of drug-likeness (QED) is 0.736. The first-order chi connectivity index (χ1) is 8.11. The van der Waals surface area contributed by atoms with Gasteiger partial charge < -0.3 is 4.90 Å². The molecule has 0 saturated carbocycles. The van der Waals surface area contributed by atoms with Gasteiger partial charge in [0.2, 0.25) is 0 Å². The van der Waals surface area contributed by atoms with Gasteiger partial charge in [-0.2, -0.15) is 0 Å². The largest absolute Gasteiger partial charge is 0.330 e. The van der Waals surface area contributed by atoms with Crippen LogP contribution in [0.5, 0.6) is 0 Å². The van der Waals surface area contributed by atoms with Crippen molar-refractivity contribution in [2.45, 2.75) is 0 Å². The molecule has 2 aromatic rings. The van der Waals surface area contributed by atoms with E-state index in [1.54, 1.807) is 30.9 Å². The Morgan fingerprint density at radius 3 is 2.29 bits per heavy atom. The van der Waals surface area contributed by atoms with E-state index >= 15 is 0 Å². The Morgan fingerprint density at radius 2 is 1.59 bits per heavy atom. The minimum absolute atomic E-state index is 0.0265. The Hall–Kier alpha value is -2.03. The summed E-state index contributed by atoms with van der Waals surface area (Å²) in [6.45, 7) is 0. The minimum Gasteiger partial charge on any atom is -0.330 e. The predicted molar refractivity (Wildman–Crippen MR) is 71.4 cm³/mol. The standard InChI is InChI=1S/C14H16N2O/c1-15(2)14(17)16(3)13-10-6-8-11-7-4-5-9-12(11)13/h4-10H,1-3H3. The molecule has 2 aromatic carbocycles.